The Hall–Kier alpha value is -1.87. The standard InChI is InChI=1S/C17H22N2O/c1-12(2)19-10-15-9-14(5-6-17(15)20-4)16-11-18-8-7-13(16)3/h5-9,11-12,19H,10H2,1-4H3. The van der Waals surface area contributed by atoms with E-state index in [9.17, 15) is 0 Å². The Labute approximate surface area is 121 Å². The van der Waals surface area contributed by atoms with Gasteiger partial charge >= 0.3 is 0 Å². The molecule has 0 saturated carbocycles. The minimum atomic E-state index is 0.448. The van der Waals surface area contributed by atoms with Crippen molar-refractivity contribution >= 4 is 0 Å². The molecule has 3 heteroatoms. The molecule has 20 heavy (non-hydrogen) atoms. The van der Waals surface area contributed by atoms with Crippen LogP contribution in [0.15, 0.2) is 36.7 Å². The second-order valence-electron chi connectivity index (χ2n) is 5.25. The van der Waals surface area contributed by atoms with Gasteiger partial charge in [-0.2, -0.15) is 0 Å². The van der Waals surface area contributed by atoms with Gasteiger partial charge in [0.25, 0.3) is 0 Å². The van der Waals surface area contributed by atoms with Crippen LogP contribution in [0.2, 0.25) is 0 Å². The molecule has 2 aromatic rings. The largest absolute Gasteiger partial charge is 0.496 e. The minimum absolute atomic E-state index is 0.448. The summed E-state index contributed by atoms with van der Waals surface area (Å²) < 4.78 is 5.44. The number of pyridine rings is 1. The van der Waals surface area contributed by atoms with E-state index in [1.807, 2.05) is 24.5 Å². The Morgan fingerprint density at radius 1 is 1.25 bits per heavy atom. The fourth-order valence-corrected chi connectivity index (χ4v) is 2.16. The smallest absolute Gasteiger partial charge is 0.123 e. The highest BCUT2D eigenvalue weighted by molar-refractivity contribution is 5.68. The Kier molecular flexibility index (Phi) is 4.74. The van der Waals surface area contributed by atoms with Gasteiger partial charge in [0.05, 0.1) is 7.11 Å². The number of nitrogens with zero attached hydrogens (tertiary/aromatic N) is 1. The number of nitrogens with one attached hydrogen (secondary N) is 1. The van der Waals surface area contributed by atoms with Crippen molar-refractivity contribution in [3.63, 3.8) is 0 Å². The van der Waals surface area contributed by atoms with Gasteiger partial charge in [-0.05, 0) is 36.2 Å². The summed E-state index contributed by atoms with van der Waals surface area (Å²) in [6.45, 7) is 7.18. The van der Waals surface area contributed by atoms with Gasteiger partial charge in [-0.3, -0.25) is 4.98 Å². The fraction of sp³-hybridized carbons (Fsp3) is 0.353. The first-order chi connectivity index (χ1) is 9.61. The molecular formula is C17H22N2O. The highest BCUT2D eigenvalue weighted by atomic mass is 16.5. The van der Waals surface area contributed by atoms with E-state index in [1.54, 1.807) is 7.11 Å². The zero-order valence-electron chi connectivity index (χ0n) is 12.6. The summed E-state index contributed by atoms with van der Waals surface area (Å²) >= 11 is 0. The van der Waals surface area contributed by atoms with Gasteiger partial charge in [0, 0.05) is 36.1 Å². The van der Waals surface area contributed by atoms with Gasteiger partial charge < -0.3 is 10.1 Å². The normalized spacial score (nSPS) is 10.8. The number of hydrogen-bond donors (Lipinski definition) is 1. The predicted octanol–water partition coefficient (Wildman–Crippen LogP) is 3.56. The van der Waals surface area contributed by atoms with Crippen LogP contribution in [0.3, 0.4) is 0 Å². The molecule has 1 aromatic carbocycles. The Morgan fingerprint density at radius 2 is 2.05 bits per heavy atom. The van der Waals surface area contributed by atoms with E-state index in [0.29, 0.717) is 6.04 Å². The molecule has 0 spiro atoms. The van der Waals surface area contributed by atoms with E-state index >= 15 is 0 Å². The van der Waals surface area contributed by atoms with Gasteiger partial charge in [-0.15, -0.1) is 0 Å². The van der Waals surface area contributed by atoms with Crippen molar-refractivity contribution < 1.29 is 4.74 Å². The van der Waals surface area contributed by atoms with E-state index in [0.717, 1.165) is 12.3 Å². The van der Waals surface area contributed by atoms with Crippen LogP contribution in [0.1, 0.15) is 25.0 Å². The average Bonchev–Trinajstić information content (AvgIpc) is 2.45. The first-order valence-corrected chi connectivity index (χ1v) is 6.93. The molecule has 0 amide bonds. The van der Waals surface area contributed by atoms with Crippen LogP contribution in [-0.4, -0.2) is 18.1 Å². The number of methoxy groups -OCH3 is 1. The van der Waals surface area contributed by atoms with Crippen molar-refractivity contribution in [3.8, 4) is 16.9 Å². The number of rotatable bonds is 5. The monoisotopic (exact) mass is 270 g/mol. The summed E-state index contributed by atoms with van der Waals surface area (Å²) in [7, 11) is 1.71. The van der Waals surface area contributed by atoms with Gasteiger partial charge in [-0.1, -0.05) is 19.9 Å². The fourth-order valence-electron chi connectivity index (χ4n) is 2.16. The maximum Gasteiger partial charge on any atom is 0.123 e. The molecular weight excluding hydrogens is 248 g/mol. The van der Waals surface area contributed by atoms with Crippen molar-refractivity contribution in [2.45, 2.75) is 33.4 Å². The lowest BCUT2D eigenvalue weighted by Gasteiger charge is -2.14. The zero-order chi connectivity index (χ0) is 14.5. The summed E-state index contributed by atoms with van der Waals surface area (Å²) in [5, 5.41) is 3.43. The van der Waals surface area contributed by atoms with Gasteiger partial charge in [-0.25, -0.2) is 0 Å². The maximum absolute atomic E-state index is 5.44. The van der Waals surface area contributed by atoms with E-state index in [-0.39, 0.29) is 0 Å². The SMILES string of the molecule is COc1ccc(-c2cnccc2C)cc1CNC(C)C. The molecule has 0 radical (unpaired) electrons. The summed E-state index contributed by atoms with van der Waals surface area (Å²) in [4.78, 5) is 4.22. The van der Waals surface area contributed by atoms with Gasteiger partial charge in [0.15, 0.2) is 0 Å². The van der Waals surface area contributed by atoms with Crippen LogP contribution < -0.4 is 10.1 Å². The van der Waals surface area contributed by atoms with E-state index in [1.165, 1.54) is 22.3 Å². The minimum Gasteiger partial charge on any atom is -0.496 e. The summed E-state index contributed by atoms with van der Waals surface area (Å²) in [5.41, 5.74) is 4.74. The van der Waals surface area contributed by atoms with Crippen molar-refractivity contribution in [2.24, 2.45) is 0 Å². The maximum atomic E-state index is 5.44. The van der Waals surface area contributed by atoms with Crippen LogP contribution in [0.4, 0.5) is 0 Å². The molecule has 0 aliphatic carbocycles. The summed E-state index contributed by atoms with van der Waals surface area (Å²) in [6, 6.07) is 8.77. The van der Waals surface area contributed by atoms with Crippen LogP contribution in [-0.2, 0) is 6.54 Å². The lowest BCUT2D eigenvalue weighted by molar-refractivity contribution is 0.406. The quantitative estimate of drug-likeness (QED) is 0.902. The first kappa shape index (κ1) is 14.5. The van der Waals surface area contributed by atoms with Crippen molar-refractivity contribution in [1.82, 2.24) is 10.3 Å². The molecule has 0 saturated heterocycles. The third kappa shape index (κ3) is 3.36. The molecule has 3 nitrogen and oxygen atoms in total. The summed E-state index contributed by atoms with van der Waals surface area (Å²) in [5.74, 6) is 0.920. The molecule has 0 aliphatic heterocycles. The molecule has 0 fully saturated rings. The number of aromatic nitrogens is 1. The van der Waals surface area contributed by atoms with Crippen molar-refractivity contribution in [1.29, 1.82) is 0 Å². The van der Waals surface area contributed by atoms with Crippen LogP contribution >= 0.6 is 0 Å². The van der Waals surface area contributed by atoms with Gasteiger partial charge in [0.2, 0.25) is 0 Å². The zero-order valence-corrected chi connectivity index (χ0v) is 12.6. The average molecular weight is 270 g/mol. The molecule has 1 N–H and O–H groups in total. The predicted molar refractivity (Wildman–Crippen MR) is 82.9 cm³/mol. The van der Waals surface area contributed by atoms with Crippen LogP contribution in [0, 0.1) is 6.92 Å². The Balaban J connectivity index is 2.36. The number of ether oxygens (including phenoxy) is 1. The highest BCUT2D eigenvalue weighted by Crippen LogP contribution is 2.28. The van der Waals surface area contributed by atoms with Crippen molar-refractivity contribution in [2.75, 3.05) is 7.11 Å². The Morgan fingerprint density at radius 3 is 2.70 bits per heavy atom. The highest BCUT2D eigenvalue weighted by Gasteiger charge is 2.08. The van der Waals surface area contributed by atoms with E-state index in [4.69, 9.17) is 4.74 Å². The summed E-state index contributed by atoms with van der Waals surface area (Å²) in [6.07, 6.45) is 3.74. The molecule has 1 heterocycles. The van der Waals surface area contributed by atoms with Crippen LogP contribution in [0.25, 0.3) is 11.1 Å². The molecule has 106 valence electrons. The first-order valence-electron chi connectivity index (χ1n) is 6.93. The van der Waals surface area contributed by atoms with E-state index in [2.05, 4.69) is 43.2 Å². The topological polar surface area (TPSA) is 34.1 Å². The molecule has 2 rings (SSSR count). The molecule has 0 atom stereocenters. The third-order valence-corrected chi connectivity index (χ3v) is 3.33. The molecule has 1 aromatic heterocycles. The number of aryl methyl sites for hydroxylation is 1. The van der Waals surface area contributed by atoms with Crippen LogP contribution in [0.5, 0.6) is 5.75 Å². The molecule has 0 bridgehead atoms. The third-order valence-electron chi connectivity index (χ3n) is 3.33. The molecule has 0 unspecified atom stereocenters. The lowest BCUT2D eigenvalue weighted by atomic mass is 10.0. The second-order valence-corrected chi connectivity index (χ2v) is 5.25. The lowest BCUT2D eigenvalue weighted by Crippen LogP contribution is -2.22. The molecule has 0 aliphatic rings. The number of benzene rings is 1. The van der Waals surface area contributed by atoms with E-state index < -0.39 is 0 Å². The van der Waals surface area contributed by atoms with Gasteiger partial charge in [0.1, 0.15) is 5.75 Å². The Bertz CT molecular complexity index is 579. The van der Waals surface area contributed by atoms with Crippen molar-refractivity contribution in [3.05, 3.63) is 47.8 Å². The number of hydrogen-bond acceptors (Lipinski definition) is 3. The second kappa shape index (κ2) is 6.53.